The van der Waals surface area contributed by atoms with Crippen molar-refractivity contribution in [3.05, 3.63) is 24.3 Å². The Bertz CT molecular complexity index is 670. The molecule has 1 aromatic rings. The summed E-state index contributed by atoms with van der Waals surface area (Å²) in [4.78, 5) is 25.0. The summed E-state index contributed by atoms with van der Waals surface area (Å²) in [5.41, 5.74) is 5.66. The largest absolute Gasteiger partial charge is 0.497 e. The fourth-order valence-electron chi connectivity index (χ4n) is 3.23. The van der Waals surface area contributed by atoms with Crippen LogP contribution in [0.1, 0.15) is 52.9 Å². The van der Waals surface area contributed by atoms with E-state index >= 15 is 0 Å². The number of anilines is 1. The SMILES string of the molecule is COc1ccc(NNC(=O)[C@H](CSCC2CCCCC2)NC(=O)OC(C)(C)C)cc1. The summed E-state index contributed by atoms with van der Waals surface area (Å²) >= 11 is 1.71. The molecule has 0 aliphatic heterocycles. The predicted octanol–water partition coefficient (Wildman–Crippen LogP) is 4.35. The summed E-state index contributed by atoms with van der Waals surface area (Å²) in [7, 11) is 1.60. The minimum Gasteiger partial charge on any atom is -0.497 e. The zero-order valence-corrected chi connectivity index (χ0v) is 19.3. The van der Waals surface area contributed by atoms with Crippen molar-refractivity contribution in [1.82, 2.24) is 10.7 Å². The van der Waals surface area contributed by atoms with Crippen LogP contribution in [0.5, 0.6) is 5.75 Å². The molecule has 0 radical (unpaired) electrons. The highest BCUT2D eigenvalue weighted by Gasteiger charge is 2.25. The molecule has 1 aliphatic carbocycles. The molecule has 1 aliphatic rings. The molecular weight excluding hydrogens is 402 g/mol. The lowest BCUT2D eigenvalue weighted by Crippen LogP contribution is -2.51. The smallest absolute Gasteiger partial charge is 0.408 e. The van der Waals surface area contributed by atoms with E-state index in [-0.39, 0.29) is 5.91 Å². The third-order valence-electron chi connectivity index (χ3n) is 4.79. The van der Waals surface area contributed by atoms with Crippen LogP contribution in [0.25, 0.3) is 0 Å². The van der Waals surface area contributed by atoms with Crippen molar-refractivity contribution in [2.75, 3.05) is 24.0 Å². The third-order valence-corrected chi connectivity index (χ3v) is 6.07. The van der Waals surface area contributed by atoms with Gasteiger partial charge in [-0.25, -0.2) is 4.79 Å². The van der Waals surface area contributed by atoms with Crippen molar-refractivity contribution in [1.29, 1.82) is 0 Å². The number of hydrogen-bond donors (Lipinski definition) is 3. The van der Waals surface area contributed by atoms with E-state index in [2.05, 4.69) is 16.2 Å². The van der Waals surface area contributed by atoms with Crippen LogP contribution in [0.3, 0.4) is 0 Å². The monoisotopic (exact) mass is 437 g/mol. The van der Waals surface area contributed by atoms with Crippen LogP contribution in [0.15, 0.2) is 24.3 Å². The first kappa shape index (κ1) is 24.2. The number of ether oxygens (including phenoxy) is 2. The minimum atomic E-state index is -0.695. The maximum atomic E-state index is 12.7. The maximum Gasteiger partial charge on any atom is 0.408 e. The van der Waals surface area contributed by atoms with Crippen LogP contribution in [0.2, 0.25) is 0 Å². The van der Waals surface area contributed by atoms with Gasteiger partial charge in [-0.05, 0) is 69.5 Å². The molecule has 0 saturated heterocycles. The molecule has 1 saturated carbocycles. The summed E-state index contributed by atoms with van der Waals surface area (Å²) in [6, 6.07) is 6.50. The summed E-state index contributed by atoms with van der Waals surface area (Å²) in [5, 5.41) is 2.71. The van der Waals surface area contributed by atoms with E-state index in [0.717, 1.165) is 17.2 Å². The molecule has 0 aromatic heterocycles. The molecule has 2 amide bonds. The van der Waals surface area contributed by atoms with Crippen LogP contribution in [0, 0.1) is 5.92 Å². The molecule has 0 bridgehead atoms. The normalized spacial score (nSPS) is 15.7. The van der Waals surface area contributed by atoms with E-state index in [0.29, 0.717) is 11.7 Å². The molecule has 168 valence electrons. The van der Waals surface area contributed by atoms with Gasteiger partial charge in [0, 0.05) is 5.75 Å². The Hall–Kier alpha value is -2.09. The number of amides is 2. The van der Waals surface area contributed by atoms with Crippen LogP contribution in [0.4, 0.5) is 10.5 Å². The van der Waals surface area contributed by atoms with Gasteiger partial charge in [0.2, 0.25) is 0 Å². The maximum absolute atomic E-state index is 12.7. The molecule has 8 heteroatoms. The lowest BCUT2D eigenvalue weighted by atomic mass is 9.91. The van der Waals surface area contributed by atoms with E-state index in [1.165, 1.54) is 32.1 Å². The predicted molar refractivity (Wildman–Crippen MR) is 122 cm³/mol. The van der Waals surface area contributed by atoms with Crippen LogP contribution < -0.4 is 20.9 Å². The highest BCUT2D eigenvalue weighted by molar-refractivity contribution is 7.99. The Morgan fingerprint density at radius 2 is 1.80 bits per heavy atom. The molecule has 3 N–H and O–H groups in total. The number of carbonyl (C=O) groups excluding carboxylic acids is 2. The lowest BCUT2D eigenvalue weighted by Gasteiger charge is -2.25. The summed E-state index contributed by atoms with van der Waals surface area (Å²) in [6.07, 6.45) is 5.81. The Morgan fingerprint density at radius 3 is 2.40 bits per heavy atom. The van der Waals surface area contributed by atoms with Gasteiger partial charge in [-0.3, -0.25) is 15.6 Å². The average molecular weight is 438 g/mol. The molecule has 7 nitrogen and oxygen atoms in total. The Kier molecular flexibility index (Phi) is 9.62. The van der Waals surface area contributed by atoms with Gasteiger partial charge < -0.3 is 14.8 Å². The number of hydrogen-bond acceptors (Lipinski definition) is 6. The fraction of sp³-hybridized carbons (Fsp3) is 0.636. The van der Waals surface area contributed by atoms with Crippen LogP contribution in [-0.2, 0) is 9.53 Å². The second kappa shape index (κ2) is 11.9. The van der Waals surface area contributed by atoms with E-state index in [1.807, 2.05) is 0 Å². The number of carbonyl (C=O) groups is 2. The molecule has 0 unspecified atom stereocenters. The Labute approximate surface area is 184 Å². The number of thioether (sulfide) groups is 1. The summed E-state index contributed by atoms with van der Waals surface area (Å²) < 4.78 is 10.5. The van der Waals surface area contributed by atoms with Gasteiger partial charge in [0.25, 0.3) is 5.91 Å². The number of hydrazine groups is 1. The van der Waals surface area contributed by atoms with Crippen molar-refractivity contribution < 1.29 is 19.1 Å². The Morgan fingerprint density at radius 1 is 1.13 bits per heavy atom. The number of alkyl carbamates (subject to hydrolysis) is 1. The van der Waals surface area contributed by atoms with Gasteiger partial charge in [0.15, 0.2) is 0 Å². The second-order valence-corrected chi connectivity index (χ2v) is 9.66. The minimum absolute atomic E-state index is 0.312. The van der Waals surface area contributed by atoms with E-state index in [1.54, 1.807) is 63.9 Å². The van der Waals surface area contributed by atoms with E-state index in [9.17, 15) is 9.59 Å². The van der Waals surface area contributed by atoms with Gasteiger partial charge in [0.05, 0.1) is 12.8 Å². The first-order valence-corrected chi connectivity index (χ1v) is 11.7. The van der Waals surface area contributed by atoms with Crippen LogP contribution in [-0.4, -0.2) is 42.3 Å². The number of rotatable bonds is 9. The molecule has 0 spiro atoms. The first-order valence-electron chi connectivity index (χ1n) is 10.5. The zero-order chi connectivity index (χ0) is 22.0. The van der Waals surface area contributed by atoms with Crippen molar-refractivity contribution in [3.63, 3.8) is 0 Å². The zero-order valence-electron chi connectivity index (χ0n) is 18.5. The number of methoxy groups -OCH3 is 1. The number of benzene rings is 1. The van der Waals surface area contributed by atoms with E-state index < -0.39 is 17.7 Å². The Balaban J connectivity index is 1.89. The van der Waals surface area contributed by atoms with Gasteiger partial charge >= 0.3 is 6.09 Å². The van der Waals surface area contributed by atoms with Gasteiger partial charge in [-0.15, -0.1) is 0 Å². The standard InChI is InChI=1S/C22H35N3O4S/c1-22(2,3)29-21(27)23-19(15-30-14-16-8-6-5-7-9-16)20(26)25-24-17-10-12-18(28-4)13-11-17/h10-13,16,19,24H,5-9,14-15H2,1-4H3,(H,23,27)(H,25,26)/t19-/m0/s1. The molecule has 30 heavy (non-hydrogen) atoms. The summed E-state index contributed by atoms with van der Waals surface area (Å²) in [6.45, 7) is 5.39. The second-order valence-electron chi connectivity index (χ2n) is 8.58. The van der Waals surface area contributed by atoms with Gasteiger partial charge in [0.1, 0.15) is 17.4 Å². The molecule has 1 fully saturated rings. The third kappa shape index (κ3) is 9.15. The van der Waals surface area contributed by atoms with Crippen molar-refractivity contribution in [2.45, 2.75) is 64.5 Å². The van der Waals surface area contributed by atoms with Crippen molar-refractivity contribution >= 4 is 29.4 Å². The molecular formula is C22H35N3O4S. The van der Waals surface area contributed by atoms with Gasteiger partial charge in [-0.1, -0.05) is 19.3 Å². The highest BCUT2D eigenvalue weighted by Crippen LogP contribution is 2.27. The summed E-state index contributed by atoms with van der Waals surface area (Å²) in [5.74, 6) is 2.62. The number of nitrogens with one attached hydrogen (secondary N) is 3. The van der Waals surface area contributed by atoms with Gasteiger partial charge in [-0.2, -0.15) is 11.8 Å². The van der Waals surface area contributed by atoms with Crippen molar-refractivity contribution in [3.8, 4) is 5.75 Å². The quantitative estimate of drug-likeness (QED) is 0.498. The highest BCUT2D eigenvalue weighted by atomic mass is 32.2. The van der Waals surface area contributed by atoms with E-state index in [4.69, 9.17) is 9.47 Å². The fourth-order valence-corrected chi connectivity index (χ4v) is 4.51. The van der Waals surface area contributed by atoms with Crippen LogP contribution >= 0.6 is 11.8 Å². The average Bonchev–Trinajstić information content (AvgIpc) is 2.71. The topological polar surface area (TPSA) is 88.7 Å². The molecule has 2 rings (SSSR count). The lowest BCUT2D eigenvalue weighted by molar-refractivity contribution is -0.122. The first-order chi connectivity index (χ1) is 14.3. The molecule has 1 atom stereocenters. The van der Waals surface area contributed by atoms with Crippen molar-refractivity contribution in [2.24, 2.45) is 5.92 Å². The molecule has 1 aromatic carbocycles. The molecule has 0 heterocycles.